The van der Waals surface area contributed by atoms with Crippen LogP contribution in [0.5, 0.6) is 0 Å². The van der Waals surface area contributed by atoms with Gasteiger partial charge >= 0.3 is 0 Å². The highest BCUT2D eigenvalue weighted by atomic mass is 79.9. The molecule has 0 saturated heterocycles. The SMILES string of the molecule is C[C@]12CC[C@H](O)CC1=CC(Br)C1[C@@H]2CC[C@]2(C)C(=O)CC[C@@H]12. The van der Waals surface area contributed by atoms with Gasteiger partial charge in [-0.2, -0.15) is 0 Å². The van der Waals surface area contributed by atoms with Crippen LogP contribution >= 0.6 is 15.9 Å². The summed E-state index contributed by atoms with van der Waals surface area (Å²) < 4.78 is 0. The van der Waals surface area contributed by atoms with E-state index in [0.29, 0.717) is 28.4 Å². The topological polar surface area (TPSA) is 37.3 Å². The standard InChI is InChI=1S/C19H27BrO2/c1-18-7-5-12(21)9-11(18)10-15(20)17-13-3-4-16(22)19(13,2)8-6-14(17)18/h10,12-15,17,21H,3-9H2,1-2H3/t12-,13-,14-,15?,17?,18-,19-/m0/s1. The smallest absolute Gasteiger partial charge is 0.139 e. The van der Waals surface area contributed by atoms with E-state index in [1.165, 1.54) is 12.0 Å². The molecule has 0 spiro atoms. The number of ketones is 1. The Kier molecular flexibility index (Phi) is 3.44. The molecule has 1 N–H and O–H groups in total. The summed E-state index contributed by atoms with van der Waals surface area (Å²) in [7, 11) is 0. The minimum absolute atomic E-state index is 0.0664. The Morgan fingerprint density at radius 3 is 2.59 bits per heavy atom. The van der Waals surface area contributed by atoms with Crippen LogP contribution in [0.2, 0.25) is 0 Å². The summed E-state index contributed by atoms with van der Waals surface area (Å²) in [4.78, 5) is 12.8. The van der Waals surface area contributed by atoms with Crippen molar-refractivity contribution in [2.45, 2.75) is 69.7 Å². The first-order valence-corrected chi connectivity index (χ1v) is 9.84. The van der Waals surface area contributed by atoms with Crippen LogP contribution in [-0.4, -0.2) is 21.8 Å². The van der Waals surface area contributed by atoms with Crippen LogP contribution in [0.3, 0.4) is 0 Å². The monoisotopic (exact) mass is 366 g/mol. The van der Waals surface area contributed by atoms with Gasteiger partial charge < -0.3 is 5.11 Å². The minimum Gasteiger partial charge on any atom is -0.393 e. The molecule has 2 unspecified atom stereocenters. The lowest BCUT2D eigenvalue weighted by Gasteiger charge is -2.58. The fraction of sp³-hybridized carbons (Fsp3) is 0.842. The summed E-state index contributed by atoms with van der Waals surface area (Å²) in [6, 6.07) is 0. The van der Waals surface area contributed by atoms with Crippen molar-refractivity contribution in [3.05, 3.63) is 11.6 Å². The molecule has 0 aromatic carbocycles. The fourth-order valence-corrected chi connectivity index (χ4v) is 7.41. The average Bonchev–Trinajstić information content (AvgIpc) is 2.77. The van der Waals surface area contributed by atoms with E-state index < -0.39 is 0 Å². The molecule has 122 valence electrons. The third-order valence-electron chi connectivity index (χ3n) is 7.77. The van der Waals surface area contributed by atoms with Gasteiger partial charge in [-0.3, -0.25) is 4.79 Å². The third kappa shape index (κ3) is 1.90. The molecule has 0 bridgehead atoms. The number of carbonyl (C=O) groups excluding carboxylic acids is 1. The number of Topliss-reactive ketones (excluding diaryl/α,β-unsaturated/α-hetero) is 1. The van der Waals surface area contributed by atoms with E-state index in [2.05, 4.69) is 35.9 Å². The van der Waals surface area contributed by atoms with Crippen molar-refractivity contribution in [2.75, 3.05) is 0 Å². The van der Waals surface area contributed by atoms with Gasteiger partial charge in [0, 0.05) is 16.7 Å². The number of fused-ring (bicyclic) bond motifs is 5. The number of carbonyl (C=O) groups is 1. The number of rotatable bonds is 0. The summed E-state index contributed by atoms with van der Waals surface area (Å²) in [5.74, 6) is 2.32. The maximum absolute atomic E-state index is 12.5. The molecule has 0 aliphatic heterocycles. The molecule has 3 saturated carbocycles. The van der Waals surface area contributed by atoms with E-state index in [1.807, 2.05) is 0 Å². The van der Waals surface area contributed by atoms with E-state index in [0.717, 1.165) is 38.5 Å². The van der Waals surface area contributed by atoms with Crippen LogP contribution in [0.1, 0.15) is 58.8 Å². The lowest BCUT2D eigenvalue weighted by atomic mass is 9.48. The van der Waals surface area contributed by atoms with Crippen molar-refractivity contribution < 1.29 is 9.90 Å². The Hall–Kier alpha value is -0.150. The van der Waals surface area contributed by atoms with E-state index in [4.69, 9.17) is 0 Å². The van der Waals surface area contributed by atoms with Crippen LogP contribution in [0, 0.1) is 28.6 Å². The van der Waals surface area contributed by atoms with Crippen LogP contribution in [0.4, 0.5) is 0 Å². The predicted octanol–water partition coefficient (Wildman–Crippen LogP) is 4.25. The van der Waals surface area contributed by atoms with E-state index in [1.54, 1.807) is 0 Å². The molecule has 22 heavy (non-hydrogen) atoms. The van der Waals surface area contributed by atoms with Crippen LogP contribution in [0.15, 0.2) is 11.6 Å². The van der Waals surface area contributed by atoms with Crippen LogP contribution in [0.25, 0.3) is 0 Å². The second-order valence-electron chi connectivity index (χ2n) is 8.66. The molecule has 7 atom stereocenters. The second kappa shape index (κ2) is 4.92. The largest absolute Gasteiger partial charge is 0.393 e. The molecular formula is C19H27BrO2. The first-order valence-electron chi connectivity index (χ1n) is 8.93. The molecule has 4 aliphatic carbocycles. The summed E-state index contributed by atoms with van der Waals surface area (Å²) in [5.41, 5.74) is 1.66. The van der Waals surface area contributed by atoms with Crippen molar-refractivity contribution in [3.63, 3.8) is 0 Å². The van der Waals surface area contributed by atoms with E-state index in [9.17, 15) is 9.90 Å². The molecule has 4 aliphatic rings. The van der Waals surface area contributed by atoms with Crippen molar-refractivity contribution in [1.29, 1.82) is 0 Å². The number of alkyl halides is 1. The quantitative estimate of drug-likeness (QED) is 0.513. The van der Waals surface area contributed by atoms with Gasteiger partial charge in [0.1, 0.15) is 5.78 Å². The molecular weight excluding hydrogens is 340 g/mol. The Labute approximate surface area is 141 Å². The van der Waals surface area contributed by atoms with E-state index in [-0.39, 0.29) is 16.9 Å². The summed E-state index contributed by atoms with van der Waals surface area (Å²) in [5, 5.41) is 10.1. The van der Waals surface area contributed by atoms with Crippen molar-refractivity contribution >= 4 is 21.7 Å². The zero-order chi connectivity index (χ0) is 15.7. The Morgan fingerprint density at radius 2 is 1.82 bits per heavy atom. The highest BCUT2D eigenvalue weighted by molar-refractivity contribution is 9.09. The van der Waals surface area contributed by atoms with Gasteiger partial charge in [0.2, 0.25) is 0 Å². The molecule has 0 heterocycles. The van der Waals surface area contributed by atoms with Crippen molar-refractivity contribution in [3.8, 4) is 0 Å². The van der Waals surface area contributed by atoms with Gasteiger partial charge in [-0.05, 0) is 61.7 Å². The first kappa shape index (κ1) is 15.4. The van der Waals surface area contributed by atoms with Gasteiger partial charge in [-0.1, -0.05) is 41.4 Å². The van der Waals surface area contributed by atoms with Gasteiger partial charge in [0.05, 0.1) is 6.10 Å². The Balaban J connectivity index is 1.75. The number of aliphatic hydroxyl groups excluding tert-OH is 1. The zero-order valence-electron chi connectivity index (χ0n) is 13.6. The molecule has 2 nitrogen and oxygen atoms in total. The number of allylic oxidation sites excluding steroid dienone is 1. The lowest BCUT2D eigenvalue weighted by molar-refractivity contribution is -0.131. The highest BCUT2D eigenvalue weighted by Crippen LogP contribution is 2.64. The molecule has 4 rings (SSSR count). The molecule has 0 radical (unpaired) electrons. The van der Waals surface area contributed by atoms with E-state index >= 15 is 0 Å². The first-order chi connectivity index (χ1) is 10.4. The second-order valence-corrected chi connectivity index (χ2v) is 9.72. The zero-order valence-corrected chi connectivity index (χ0v) is 15.2. The molecule has 3 heteroatoms. The number of hydrogen-bond donors (Lipinski definition) is 1. The number of aliphatic hydroxyl groups is 1. The maximum Gasteiger partial charge on any atom is 0.139 e. The molecule has 0 aromatic rings. The molecule has 0 aromatic heterocycles. The van der Waals surface area contributed by atoms with Crippen LogP contribution in [-0.2, 0) is 4.79 Å². The van der Waals surface area contributed by atoms with Gasteiger partial charge in [0.15, 0.2) is 0 Å². The van der Waals surface area contributed by atoms with Crippen LogP contribution < -0.4 is 0 Å². The average molecular weight is 367 g/mol. The third-order valence-corrected chi connectivity index (χ3v) is 8.65. The maximum atomic E-state index is 12.5. The Morgan fingerprint density at radius 1 is 1.14 bits per heavy atom. The molecule has 3 fully saturated rings. The van der Waals surface area contributed by atoms with Gasteiger partial charge in [-0.15, -0.1) is 0 Å². The summed E-state index contributed by atoms with van der Waals surface area (Å²) in [6.07, 6.45) is 9.26. The normalized spacial score (nSPS) is 54.3. The predicted molar refractivity (Wildman–Crippen MR) is 90.8 cm³/mol. The highest BCUT2D eigenvalue weighted by Gasteiger charge is 2.60. The van der Waals surface area contributed by atoms with Gasteiger partial charge in [-0.25, -0.2) is 0 Å². The summed E-state index contributed by atoms with van der Waals surface area (Å²) >= 11 is 3.95. The minimum atomic E-state index is -0.155. The number of halogens is 1. The molecule has 0 amide bonds. The van der Waals surface area contributed by atoms with Gasteiger partial charge in [0.25, 0.3) is 0 Å². The lowest BCUT2D eigenvalue weighted by Crippen LogP contribution is -2.53. The number of hydrogen-bond acceptors (Lipinski definition) is 2. The fourth-order valence-electron chi connectivity index (χ4n) is 6.36. The Bertz CT molecular complexity index is 542. The van der Waals surface area contributed by atoms with Crippen molar-refractivity contribution in [2.24, 2.45) is 28.6 Å². The summed E-state index contributed by atoms with van der Waals surface area (Å²) in [6.45, 7) is 4.66. The van der Waals surface area contributed by atoms with Crippen molar-refractivity contribution in [1.82, 2.24) is 0 Å².